The maximum absolute atomic E-state index is 11.6. The Bertz CT molecular complexity index is 248. The molecule has 2 unspecified atom stereocenters. The van der Waals surface area contributed by atoms with Gasteiger partial charge in [0.25, 0.3) is 0 Å². The quantitative estimate of drug-likeness (QED) is 0.689. The number of carbonyl (C=O) groups is 1. The standard InChI is InChI=1S/C12H24N2O3/c1-12(16,9-14(2)3)8-13-11(15)7-10-5-4-6-17-10/h10,16H,4-9H2,1-3H3,(H,13,15). The summed E-state index contributed by atoms with van der Waals surface area (Å²) in [7, 11) is 3.78. The Morgan fingerprint density at radius 2 is 2.29 bits per heavy atom. The molecule has 17 heavy (non-hydrogen) atoms. The minimum atomic E-state index is -0.893. The highest BCUT2D eigenvalue weighted by Gasteiger charge is 2.24. The topological polar surface area (TPSA) is 61.8 Å². The van der Waals surface area contributed by atoms with Crippen LogP contribution >= 0.6 is 0 Å². The lowest BCUT2D eigenvalue weighted by atomic mass is 10.1. The smallest absolute Gasteiger partial charge is 0.222 e. The van der Waals surface area contributed by atoms with Gasteiger partial charge in [-0.3, -0.25) is 4.79 Å². The first kappa shape index (κ1) is 14.4. The highest BCUT2D eigenvalue weighted by atomic mass is 16.5. The van der Waals surface area contributed by atoms with Crippen LogP contribution in [0.25, 0.3) is 0 Å². The van der Waals surface area contributed by atoms with Gasteiger partial charge in [-0.2, -0.15) is 0 Å². The molecule has 1 heterocycles. The van der Waals surface area contributed by atoms with Gasteiger partial charge < -0.3 is 20.1 Å². The molecule has 1 aliphatic rings. The first-order valence-electron chi connectivity index (χ1n) is 6.14. The summed E-state index contributed by atoms with van der Waals surface area (Å²) in [6, 6.07) is 0. The van der Waals surface area contributed by atoms with Crippen LogP contribution in [0.3, 0.4) is 0 Å². The molecular weight excluding hydrogens is 220 g/mol. The van der Waals surface area contributed by atoms with E-state index in [2.05, 4.69) is 5.32 Å². The predicted molar refractivity (Wildman–Crippen MR) is 65.8 cm³/mol. The molecule has 1 amide bonds. The Kier molecular flexibility index (Phi) is 5.36. The second kappa shape index (κ2) is 6.33. The Morgan fingerprint density at radius 3 is 2.82 bits per heavy atom. The Hall–Kier alpha value is -0.650. The van der Waals surface area contributed by atoms with E-state index in [0.29, 0.717) is 13.0 Å². The Labute approximate surface area is 103 Å². The van der Waals surface area contributed by atoms with Gasteiger partial charge in [0.15, 0.2) is 0 Å². The summed E-state index contributed by atoms with van der Waals surface area (Å²) in [5, 5.41) is 12.8. The van der Waals surface area contributed by atoms with Crippen molar-refractivity contribution in [2.24, 2.45) is 0 Å². The number of likely N-dealkylation sites (N-methyl/N-ethyl adjacent to an activating group) is 1. The van der Waals surface area contributed by atoms with E-state index in [1.165, 1.54) is 0 Å². The number of ether oxygens (including phenoxy) is 1. The summed E-state index contributed by atoms with van der Waals surface area (Å²) in [5.41, 5.74) is -0.893. The lowest BCUT2D eigenvalue weighted by Gasteiger charge is -2.27. The molecule has 2 N–H and O–H groups in total. The Balaban J connectivity index is 2.22. The molecule has 0 saturated carbocycles. The first-order chi connectivity index (χ1) is 7.89. The normalized spacial score (nSPS) is 23.7. The molecule has 0 aromatic rings. The molecule has 2 atom stereocenters. The van der Waals surface area contributed by atoms with E-state index in [1.54, 1.807) is 6.92 Å². The van der Waals surface area contributed by atoms with E-state index < -0.39 is 5.60 Å². The van der Waals surface area contributed by atoms with E-state index in [9.17, 15) is 9.90 Å². The van der Waals surface area contributed by atoms with Crippen molar-refractivity contribution in [2.45, 2.75) is 37.9 Å². The maximum atomic E-state index is 11.6. The number of hydrogen-bond donors (Lipinski definition) is 2. The zero-order valence-electron chi connectivity index (χ0n) is 11.0. The fourth-order valence-corrected chi connectivity index (χ4v) is 2.11. The summed E-state index contributed by atoms with van der Waals surface area (Å²) in [5.74, 6) is -0.0454. The summed E-state index contributed by atoms with van der Waals surface area (Å²) in [6.07, 6.45) is 2.46. The molecule has 1 rings (SSSR count). The molecule has 5 heteroatoms. The van der Waals surface area contributed by atoms with Crippen molar-refractivity contribution in [3.8, 4) is 0 Å². The van der Waals surface area contributed by atoms with Crippen LogP contribution in [-0.2, 0) is 9.53 Å². The number of rotatable bonds is 6. The van der Waals surface area contributed by atoms with Crippen molar-refractivity contribution < 1.29 is 14.6 Å². The van der Waals surface area contributed by atoms with Crippen LogP contribution in [-0.4, -0.2) is 61.4 Å². The van der Waals surface area contributed by atoms with E-state index >= 15 is 0 Å². The van der Waals surface area contributed by atoms with Crippen molar-refractivity contribution in [2.75, 3.05) is 33.8 Å². The van der Waals surface area contributed by atoms with Gasteiger partial charge in [-0.15, -0.1) is 0 Å². The van der Waals surface area contributed by atoms with Crippen molar-refractivity contribution >= 4 is 5.91 Å². The van der Waals surface area contributed by atoms with Crippen LogP contribution in [0.1, 0.15) is 26.2 Å². The second-order valence-corrected chi connectivity index (χ2v) is 5.35. The molecule has 0 aromatic heterocycles. The molecule has 1 fully saturated rings. The zero-order valence-corrected chi connectivity index (χ0v) is 11.0. The Morgan fingerprint density at radius 1 is 1.59 bits per heavy atom. The monoisotopic (exact) mass is 244 g/mol. The van der Waals surface area contributed by atoms with Crippen molar-refractivity contribution in [3.63, 3.8) is 0 Å². The number of amides is 1. The van der Waals surface area contributed by atoms with Gasteiger partial charge in [0, 0.05) is 19.7 Å². The molecule has 0 aromatic carbocycles. The summed E-state index contributed by atoms with van der Waals surface area (Å²) >= 11 is 0. The van der Waals surface area contributed by atoms with Gasteiger partial charge in [-0.05, 0) is 33.9 Å². The van der Waals surface area contributed by atoms with Crippen molar-refractivity contribution in [3.05, 3.63) is 0 Å². The van der Waals surface area contributed by atoms with Crippen molar-refractivity contribution in [1.82, 2.24) is 10.2 Å². The van der Waals surface area contributed by atoms with E-state index in [1.807, 2.05) is 19.0 Å². The highest BCUT2D eigenvalue weighted by Crippen LogP contribution is 2.15. The molecule has 100 valence electrons. The number of nitrogens with zero attached hydrogens (tertiary/aromatic N) is 1. The van der Waals surface area contributed by atoms with Gasteiger partial charge in [0.05, 0.1) is 18.1 Å². The van der Waals surface area contributed by atoms with Crippen LogP contribution in [0.4, 0.5) is 0 Å². The lowest BCUT2D eigenvalue weighted by Crippen LogP contribution is -2.47. The van der Waals surface area contributed by atoms with Gasteiger partial charge in [-0.1, -0.05) is 0 Å². The predicted octanol–water partition coefficient (Wildman–Crippen LogP) is -0.0157. The average molecular weight is 244 g/mol. The van der Waals surface area contributed by atoms with Gasteiger partial charge in [0.1, 0.15) is 0 Å². The molecular formula is C12H24N2O3. The lowest BCUT2D eigenvalue weighted by molar-refractivity contribution is -0.124. The summed E-state index contributed by atoms with van der Waals surface area (Å²) in [6.45, 7) is 3.28. The number of aliphatic hydroxyl groups is 1. The van der Waals surface area contributed by atoms with E-state index in [0.717, 1.165) is 19.4 Å². The second-order valence-electron chi connectivity index (χ2n) is 5.35. The maximum Gasteiger partial charge on any atom is 0.222 e. The fraction of sp³-hybridized carbons (Fsp3) is 0.917. The van der Waals surface area contributed by atoms with Crippen molar-refractivity contribution in [1.29, 1.82) is 0 Å². The highest BCUT2D eigenvalue weighted by molar-refractivity contribution is 5.76. The van der Waals surface area contributed by atoms with Crippen LogP contribution in [0.15, 0.2) is 0 Å². The van der Waals surface area contributed by atoms with Gasteiger partial charge in [0.2, 0.25) is 5.91 Å². The molecule has 1 aliphatic heterocycles. The molecule has 0 aliphatic carbocycles. The third-order valence-corrected chi connectivity index (χ3v) is 2.76. The van der Waals surface area contributed by atoms with Gasteiger partial charge >= 0.3 is 0 Å². The van der Waals surface area contributed by atoms with Gasteiger partial charge in [-0.25, -0.2) is 0 Å². The average Bonchev–Trinajstić information content (AvgIpc) is 2.65. The summed E-state index contributed by atoms with van der Waals surface area (Å²) < 4.78 is 5.39. The molecule has 0 bridgehead atoms. The SMILES string of the molecule is CN(C)CC(C)(O)CNC(=O)CC1CCCO1. The van der Waals surface area contributed by atoms with Crippen LogP contribution < -0.4 is 5.32 Å². The first-order valence-corrected chi connectivity index (χ1v) is 6.14. The largest absolute Gasteiger partial charge is 0.387 e. The van der Waals surface area contributed by atoms with Crippen LogP contribution in [0, 0.1) is 0 Å². The number of carbonyl (C=O) groups excluding carboxylic acids is 1. The van der Waals surface area contributed by atoms with E-state index in [-0.39, 0.29) is 18.6 Å². The third-order valence-electron chi connectivity index (χ3n) is 2.76. The minimum absolute atomic E-state index is 0.0454. The number of hydrogen-bond acceptors (Lipinski definition) is 4. The van der Waals surface area contributed by atoms with Crippen LogP contribution in [0.2, 0.25) is 0 Å². The summed E-state index contributed by atoms with van der Waals surface area (Å²) in [4.78, 5) is 13.5. The molecule has 5 nitrogen and oxygen atoms in total. The molecule has 1 saturated heterocycles. The fourth-order valence-electron chi connectivity index (χ4n) is 2.11. The molecule has 0 radical (unpaired) electrons. The molecule has 0 spiro atoms. The third kappa shape index (κ3) is 6.00. The zero-order chi connectivity index (χ0) is 12.9. The number of nitrogens with one attached hydrogen (secondary N) is 1. The van der Waals surface area contributed by atoms with Crippen LogP contribution in [0.5, 0.6) is 0 Å². The van der Waals surface area contributed by atoms with E-state index in [4.69, 9.17) is 4.74 Å². The minimum Gasteiger partial charge on any atom is -0.387 e.